The van der Waals surface area contributed by atoms with Crippen LogP contribution in [0, 0.1) is 0 Å². The van der Waals surface area contributed by atoms with Crippen molar-refractivity contribution < 1.29 is 19.3 Å². The minimum Gasteiger partial charge on any atom is -0.364 e. The normalized spacial score (nSPS) is 21.9. The number of benzene rings is 2. The third-order valence-electron chi connectivity index (χ3n) is 6.25. The van der Waals surface area contributed by atoms with Gasteiger partial charge in [-0.1, -0.05) is 59.6 Å². The van der Waals surface area contributed by atoms with Gasteiger partial charge >= 0.3 is 11.9 Å². The summed E-state index contributed by atoms with van der Waals surface area (Å²) in [5.41, 5.74) is 2.11. The first-order valence-corrected chi connectivity index (χ1v) is 12.4. The Morgan fingerprint density at radius 1 is 0.735 bits per heavy atom. The fraction of sp³-hybridized carbons (Fsp3) is 0.385. The van der Waals surface area contributed by atoms with E-state index in [1.165, 1.54) is 0 Å². The van der Waals surface area contributed by atoms with Gasteiger partial charge in [-0.2, -0.15) is 0 Å². The Labute approximate surface area is 209 Å². The summed E-state index contributed by atoms with van der Waals surface area (Å²) in [5, 5.41) is 4.71. The van der Waals surface area contributed by atoms with Crippen molar-refractivity contribution >= 4 is 35.1 Å². The van der Waals surface area contributed by atoms with Crippen molar-refractivity contribution in [3.05, 3.63) is 81.9 Å². The molecule has 34 heavy (non-hydrogen) atoms. The molecule has 2 aliphatic rings. The molecule has 2 aliphatic heterocycles. The van der Waals surface area contributed by atoms with Gasteiger partial charge in [0.15, 0.2) is 0 Å². The van der Waals surface area contributed by atoms with Crippen LogP contribution in [0.15, 0.2) is 60.7 Å². The van der Waals surface area contributed by atoms with Crippen molar-refractivity contribution in [3.8, 4) is 0 Å². The third kappa shape index (κ3) is 6.60. The Balaban J connectivity index is 1.25. The summed E-state index contributed by atoms with van der Waals surface area (Å²) in [6, 6.07) is 15.5. The molecule has 0 saturated carbocycles. The Bertz CT molecular complexity index is 963. The quantitative estimate of drug-likeness (QED) is 0.484. The smallest absolute Gasteiger partial charge is 0.349 e. The van der Waals surface area contributed by atoms with Crippen LogP contribution >= 0.6 is 23.2 Å². The number of halogens is 2. The van der Waals surface area contributed by atoms with E-state index in [-0.39, 0.29) is 11.8 Å². The van der Waals surface area contributed by atoms with E-state index in [4.69, 9.17) is 32.9 Å². The molecule has 0 spiro atoms. The van der Waals surface area contributed by atoms with Crippen LogP contribution in [-0.4, -0.2) is 48.2 Å². The number of carbonyl (C=O) groups is 2. The molecule has 0 bridgehead atoms. The van der Waals surface area contributed by atoms with Gasteiger partial charge in [0.25, 0.3) is 0 Å². The van der Waals surface area contributed by atoms with Crippen molar-refractivity contribution in [2.75, 3.05) is 26.2 Å². The lowest BCUT2D eigenvalue weighted by Gasteiger charge is -2.31. The van der Waals surface area contributed by atoms with Crippen LogP contribution in [0.3, 0.4) is 0 Å². The zero-order chi connectivity index (χ0) is 23.9. The molecule has 8 heteroatoms. The van der Waals surface area contributed by atoms with E-state index < -0.39 is 11.9 Å². The minimum atomic E-state index is -0.607. The maximum absolute atomic E-state index is 12.3. The van der Waals surface area contributed by atoms with Gasteiger partial charge in [0.05, 0.1) is 0 Å². The SMILES string of the molecule is O=C(/C=C/C(=O)ON1CCCC(c2ccccc2Cl)C1)ON1CCCC(c2ccccc2Cl)C1. The molecule has 0 aliphatic carbocycles. The standard InChI is InChI=1S/C26H28Cl2N2O4/c27-23-11-3-1-9-21(23)19-7-5-15-29(17-19)33-25(31)13-14-26(32)34-30-16-6-8-20(18-30)22-10-2-4-12-24(22)28/h1-4,9-14,19-20H,5-8,15-18H2/b14-13+. The topological polar surface area (TPSA) is 59.1 Å². The average molecular weight is 503 g/mol. The minimum absolute atomic E-state index is 0.189. The summed E-state index contributed by atoms with van der Waals surface area (Å²) in [7, 11) is 0. The molecule has 0 N–H and O–H groups in total. The number of rotatable bonds is 6. The summed E-state index contributed by atoms with van der Waals surface area (Å²) < 4.78 is 0. The zero-order valence-electron chi connectivity index (χ0n) is 18.9. The Morgan fingerprint density at radius 3 is 1.56 bits per heavy atom. The largest absolute Gasteiger partial charge is 0.364 e. The maximum atomic E-state index is 12.3. The van der Waals surface area contributed by atoms with Gasteiger partial charge in [-0.15, -0.1) is 10.1 Å². The molecule has 0 amide bonds. The van der Waals surface area contributed by atoms with Crippen LogP contribution in [0.2, 0.25) is 10.0 Å². The van der Waals surface area contributed by atoms with Gasteiger partial charge in [0.2, 0.25) is 0 Å². The zero-order valence-corrected chi connectivity index (χ0v) is 20.4. The van der Waals surface area contributed by atoms with E-state index in [0.29, 0.717) is 26.2 Å². The number of hydrogen-bond acceptors (Lipinski definition) is 6. The highest BCUT2D eigenvalue weighted by Crippen LogP contribution is 2.32. The lowest BCUT2D eigenvalue weighted by atomic mass is 9.91. The molecule has 2 atom stereocenters. The molecular weight excluding hydrogens is 475 g/mol. The number of hydrogen-bond donors (Lipinski definition) is 0. The lowest BCUT2D eigenvalue weighted by Crippen LogP contribution is -2.36. The van der Waals surface area contributed by atoms with Gasteiger partial charge in [0, 0.05) is 60.2 Å². The monoisotopic (exact) mass is 502 g/mol. The molecule has 2 heterocycles. The molecule has 0 radical (unpaired) electrons. The highest BCUT2D eigenvalue weighted by atomic mass is 35.5. The van der Waals surface area contributed by atoms with Crippen LogP contribution in [-0.2, 0) is 19.3 Å². The van der Waals surface area contributed by atoms with E-state index in [0.717, 1.165) is 59.0 Å². The van der Waals surface area contributed by atoms with Crippen molar-refractivity contribution in [2.24, 2.45) is 0 Å². The fourth-order valence-corrected chi connectivity index (χ4v) is 5.20. The molecule has 2 aromatic carbocycles. The second kappa shape index (κ2) is 11.8. The van der Waals surface area contributed by atoms with E-state index in [2.05, 4.69) is 0 Å². The Kier molecular flexibility index (Phi) is 8.62. The third-order valence-corrected chi connectivity index (χ3v) is 6.94. The summed E-state index contributed by atoms with van der Waals surface area (Å²) >= 11 is 12.7. The molecule has 2 aromatic rings. The number of piperidine rings is 2. The van der Waals surface area contributed by atoms with Crippen molar-refractivity contribution in [2.45, 2.75) is 37.5 Å². The van der Waals surface area contributed by atoms with Gasteiger partial charge < -0.3 is 9.68 Å². The van der Waals surface area contributed by atoms with Crippen molar-refractivity contribution in [3.63, 3.8) is 0 Å². The van der Waals surface area contributed by atoms with Crippen LogP contribution in [0.25, 0.3) is 0 Å². The number of carbonyl (C=O) groups excluding carboxylic acids is 2. The molecule has 2 fully saturated rings. The predicted molar refractivity (Wildman–Crippen MR) is 131 cm³/mol. The average Bonchev–Trinajstić information content (AvgIpc) is 2.84. The highest BCUT2D eigenvalue weighted by molar-refractivity contribution is 6.31. The first-order chi connectivity index (χ1) is 16.5. The van der Waals surface area contributed by atoms with Crippen LogP contribution in [0.5, 0.6) is 0 Å². The summed E-state index contributed by atoms with van der Waals surface area (Å²) in [6.45, 7) is 2.40. The second-order valence-electron chi connectivity index (χ2n) is 8.65. The van der Waals surface area contributed by atoms with Crippen LogP contribution in [0.1, 0.15) is 48.6 Å². The molecule has 4 rings (SSSR count). The predicted octanol–water partition coefficient (Wildman–Crippen LogP) is 5.53. The summed E-state index contributed by atoms with van der Waals surface area (Å²) in [5.74, 6) is -0.836. The van der Waals surface area contributed by atoms with E-state index in [1.54, 1.807) is 10.1 Å². The molecule has 0 aromatic heterocycles. The van der Waals surface area contributed by atoms with E-state index in [9.17, 15) is 9.59 Å². The molecule has 2 unspecified atom stereocenters. The molecule has 6 nitrogen and oxygen atoms in total. The Hall–Kier alpha value is -2.38. The number of hydroxylamine groups is 4. The fourth-order valence-electron chi connectivity index (χ4n) is 4.62. The van der Waals surface area contributed by atoms with Crippen LogP contribution in [0.4, 0.5) is 0 Å². The maximum Gasteiger partial charge on any atom is 0.349 e. The van der Waals surface area contributed by atoms with Gasteiger partial charge in [-0.05, 0) is 48.9 Å². The van der Waals surface area contributed by atoms with Gasteiger partial charge in [0.1, 0.15) is 0 Å². The van der Waals surface area contributed by atoms with Crippen LogP contribution < -0.4 is 0 Å². The first kappa shape index (κ1) is 24.7. The van der Waals surface area contributed by atoms with E-state index in [1.807, 2.05) is 48.5 Å². The Morgan fingerprint density at radius 2 is 1.15 bits per heavy atom. The molecule has 180 valence electrons. The second-order valence-corrected chi connectivity index (χ2v) is 9.47. The highest BCUT2D eigenvalue weighted by Gasteiger charge is 2.26. The van der Waals surface area contributed by atoms with Crippen molar-refractivity contribution in [1.29, 1.82) is 0 Å². The van der Waals surface area contributed by atoms with Gasteiger partial charge in [-0.25, -0.2) is 9.59 Å². The summed E-state index contributed by atoms with van der Waals surface area (Å²) in [6.07, 6.45) is 5.94. The first-order valence-electron chi connectivity index (χ1n) is 11.6. The lowest BCUT2D eigenvalue weighted by molar-refractivity contribution is -0.192. The molecule has 2 saturated heterocycles. The summed E-state index contributed by atoms with van der Waals surface area (Å²) in [4.78, 5) is 35.4. The number of nitrogens with zero attached hydrogens (tertiary/aromatic N) is 2. The molecular formula is C26H28Cl2N2O4. The van der Waals surface area contributed by atoms with Gasteiger partial charge in [-0.3, -0.25) is 0 Å². The van der Waals surface area contributed by atoms with E-state index >= 15 is 0 Å². The van der Waals surface area contributed by atoms with Crippen molar-refractivity contribution in [1.82, 2.24) is 10.1 Å².